The number of aliphatic hydroxyl groups excluding tert-OH is 1. The van der Waals surface area contributed by atoms with Crippen molar-refractivity contribution in [3.05, 3.63) is 35.1 Å². The molecule has 1 aliphatic rings. The molecule has 1 aromatic rings. The Labute approximate surface area is 139 Å². The smallest absolute Gasteiger partial charge is 0.338 e. The van der Waals surface area contributed by atoms with Gasteiger partial charge in [0.2, 0.25) is 0 Å². The summed E-state index contributed by atoms with van der Waals surface area (Å²) in [4.78, 5) is 23.5. The molecule has 0 saturated carbocycles. The zero-order chi connectivity index (χ0) is 17.7. The van der Waals surface area contributed by atoms with Gasteiger partial charge in [0.1, 0.15) is 12.4 Å². The van der Waals surface area contributed by atoms with Gasteiger partial charge in [0, 0.05) is 12.1 Å². The van der Waals surface area contributed by atoms with Crippen molar-refractivity contribution in [1.29, 1.82) is 5.41 Å². The molecule has 0 unspecified atom stereocenters. The van der Waals surface area contributed by atoms with Crippen LogP contribution in [-0.2, 0) is 9.53 Å². The van der Waals surface area contributed by atoms with Crippen LogP contribution in [0.15, 0.2) is 29.5 Å². The Hall–Kier alpha value is -2.83. The standard InChI is InChI=1S/C17H19NO6/c1-10(18)16(11(2)19)13(20)9-24-17(21)12-4-5-14-15(8-12)23-7-3-6-22-14/h4-5,8,18,20H,3,6-7,9H2,1-2H3/b16-13-,18-10?. The summed E-state index contributed by atoms with van der Waals surface area (Å²) >= 11 is 0. The molecule has 7 nitrogen and oxygen atoms in total. The minimum Gasteiger partial charge on any atom is -0.508 e. The number of allylic oxidation sites excluding steroid dienone is 1. The van der Waals surface area contributed by atoms with Gasteiger partial charge in [0.25, 0.3) is 0 Å². The number of aliphatic hydroxyl groups is 1. The van der Waals surface area contributed by atoms with Gasteiger partial charge in [-0.05, 0) is 32.0 Å². The molecule has 1 heterocycles. The molecular formula is C17H19NO6. The number of Topliss-reactive ketones (excluding diaryl/α,β-unsaturated/α-hetero) is 1. The number of rotatable bonds is 5. The second-order valence-electron chi connectivity index (χ2n) is 5.29. The van der Waals surface area contributed by atoms with E-state index in [1.54, 1.807) is 6.07 Å². The molecule has 0 amide bonds. The summed E-state index contributed by atoms with van der Waals surface area (Å²) in [6.07, 6.45) is 0.754. The summed E-state index contributed by atoms with van der Waals surface area (Å²) in [6, 6.07) is 4.66. The molecule has 7 heteroatoms. The van der Waals surface area contributed by atoms with Gasteiger partial charge in [-0.3, -0.25) is 4.79 Å². The van der Waals surface area contributed by atoms with Gasteiger partial charge in [-0.2, -0.15) is 0 Å². The number of carbonyl (C=O) groups excluding carboxylic acids is 2. The molecule has 128 valence electrons. The lowest BCUT2D eigenvalue weighted by atomic mass is 10.1. The van der Waals surface area contributed by atoms with Gasteiger partial charge in [0.05, 0.1) is 24.4 Å². The molecule has 1 aromatic carbocycles. The fourth-order valence-corrected chi connectivity index (χ4v) is 2.26. The van der Waals surface area contributed by atoms with E-state index >= 15 is 0 Å². The SMILES string of the molecule is CC(=N)/C(C(C)=O)=C(/O)COC(=O)c1ccc2c(c1)OCCCO2. The minimum atomic E-state index is -0.678. The number of hydrogen-bond acceptors (Lipinski definition) is 7. The molecule has 2 N–H and O–H groups in total. The number of esters is 1. The van der Waals surface area contributed by atoms with Crippen LogP contribution in [0.4, 0.5) is 0 Å². The van der Waals surface area contributed by atoms with Crippen LogP contribution in [-0.4, -0.2) is 42.4 Å². The van der Waals surface area contributed by atoms with Crippen molar-refractivity contribution < 1.29 is 28.9 Å². The van der Waals surface area contributed by atoms with Crippen molar-refractivity contribution >= 4 is 17.5 Å². The van der Waals surface area contributed by atoms with E-state index in [-0.39, 0.29) is 16.8 Å². The molecular weight excluding hydrogens is 314 g/mol. The quantitative estimate of drug-likeness (QED) is 0.371. The van der Waals surface area contributed by atoms with E-state index in [9.17, 15) is 14.7 Å². The number of carbonyl (C=O) groups is 2. The molecule has 0 fully saturated rings. The predicted molar refractivity (Wildman–Crippen MR) is 86.1 cm³/mol. The summed E-state index contributed by atoms with van der Waals surface area (Å²) in [7, 11) is 0. The number of nitrogens with one attached hydrogen (secondary N) is 1. The fraction of sp³-hybridized carbons (Fsp3) is 0.353. The van der Waals surface area contributed by atoms with Crippen LogP contribution in [0.25, 0.3) is 0 Å². The number of hydrogen-bond donors (Lipinski definition) is 2. The second-order valence-corrected chi connectivity index (χ2v) is 5.29. The lowest BCUT2D eigenvalue weighted by Gasteiger charge is -2.10. The third-order valence-corrected chi connectivity index (χ3v) is 3.34. The fourth-order valence-electron chi connectivity index (χ4n) is 2.26. The van der Waals surface area contributed by atoms with Gasteiger partial charge in [-0.25, -0.2) is 4.79 Å². The van der Waals surface area contributed by atoms with Crippen molar-refractivity contribution in [3.8, 4) is 11.5 Å². The Morgan fingerprint density at radius 3 is 2.50 bits per heavy atom. The number of benzene rings is 1. The van der Waals surface area contributed by atoms with Crippen LogP contribution >= 0.6 is 0 Å². The molecule has 0 aliphatic carbocycles. The first-order valence-electron chi connectivity index (χ1n) is 7.45. The average Bonchev–Trinajstić information content (AvgIpc) is 2.76. The van der Waals surface area contributed by atoms with Crippen LogP contribution in [0, 0.1) is 5.41 Å². The number of fused-ring (bicyclic) bond motifs is 1. The first-order chi connectivity index (χ1) is 11.4. The lowest BCUT2D eigenvalue weighted by molar-refractivity contribution is -0.113. The van der Waals surface area contributed by atoms with Crippen LogP contribution in [0.2, 0.25) is 0 Å². The van der Waals surface area contributed by atoms with E-state index in [4.69, 9.17) is 19.6 Å². The second kappa shape index (κ2) is 7.63. The summed E-state index contributed by atoms with van der Waals surface area (Å²) in [5, 5.41) is 17.3. The summed E-state index contributed by atoms with van der Waals surface area (Å²) in [5.41, 5.74) is -0.00362. The normalized spacial score (nSPS) is 14.2. The molecule has 0 radical (unpaired) electrons. The minimum absolute atomic E-state index is 0.0911. The summed E-state index contributed by atoms with van der Waals surface area (Å²) < 4.78 is 16.0. The predicted octanol–water partition coefficient (Wildman–Crippen LogP) is 2.45. The van der Waals surface area contributed by atoms with Crippen LogP contribution in [0.3, 0.4) is 0 Å². The highest BCUT2D eigenvalue weighted by Crippen LogP contribution is 2.30. The highest BCUT2D eigenvalue weighted by molar-refractivity contribution is 6.19. The zero-order valence-corrected chi connectivity index (χ0v) is 13.5. The number of ketones is 1. The largest absolute Gasteiger partial charge is 0.508 e. The van der Waals surface area contributed by atoms with Crippen molar-refractivity contribution in [2.24, 2.45) is 0 Å². The van der Waals surface area contributed by atoms with Gasteiger partial charge in [-0.1, -0.05) is 0 Å². The Kier molecular flexibility index (Phi) is 5.57. The van der Waals surface area contributed by atoms with E-state index < -0.39 is 24.1 Å². The van der Waals surface area contributed by atoms with Gasteiger partial charge in [-0.15, -0.1) is 0 Å². The average molecular weight is 333 g/mol. The van der Waals surface area contributed by atoms with Crippen molar-refractivity contribution in [1.82, 2.24) is 0 Å². The highest BCUT2D eigenvalue weighted by atomic mass is 16.5. The third kappa shape index (κ3) is 4.13. The Morgan fingerprint density at radius 2 is 1.88 bits per heavy atom. The van der Waals surface area contributed by atoms with Crippen molar-refractivity contribution in [3.63, 3.8) is 0 Å². The van der Waals surface area contributed by atoms with E-state index in [1.165, 1.54) is 26.0 Å². The van der Waals surface area contributed by atoms with E-state index in [0.717, 1.165) is 6.42 Å². The Bertz CT molecular complexity index is 691. The van der Waals surface area contributed by atoms with E-state index in [0.29, 0.717) is 24.7 Å². The highest BCUT2D eigenvalue weighted by Gasteiger charge is 2.18. The van der Waals surface area contributed by atoms with E-state index in [1.807, 2.05) is 0 Å². The van der Waals surface area contributed by atoms with Crippen molar-refractivity contribution in [2.45, 2.75) is 20.3 Å². The van der Waals surface area contributed by atoms with Crippen LogP contribution in [0.5, 0.6) is 11.5 Å². The topological polar surface area (TPSA) is 106 Å². The maximum absolute atomic E-state index is 12.1. The number of ether oxygens (including phenoxy) is 3. The van der Waals surface area contributed by atoms with Crippen LogP contribution in [0.1, 0.15) is 30.6 Å². The monoisotopic (exact) mass is 333 g/mol. The molecule has 0 saturated heterocycles. The van der Waals surface area contributed by atoms with Crippen molar-refractivity contribution in [2.75, 3.05) is 19.8 Å². The molecule has 0 atom stereocenters. The molecule has 2 rings (SSSR count). The molecule has 1 aliphatic heterocycles. The maximum Gasteiger partial charge on any atom is 0.338 e. The molecule has 24 heavy (non-hydrogen) atoms. The Balaban J connectivity index is 2.10. The Morgan fingerprint density at radius 1 is 1.21 bits per heavy atom. The van der Waals surface area contributed by atoms with Gasteiger partial charge < -0.3 is 24.7 Å². The third-order valence-electron chi connectivity index (χ3n) is 3.34. The lowest BCUT2D eigenvalue weighted by Crippen LogP contribution is -2.15. The van der Waals surface area contributed by atoms with Crippen LogP contribution < -0.4 is 9.47 Å². The first-order valence-corrected chi connectivity index (χ1v) is 7.45. The van der Waals surface area contributed by atoms with Gasteiger partial charge >= 0.3 is 5.97 Å². The van der Waals surface area contributed by atoms with Gasteiger partial charge in [0.15, 0.2) is 17.3 Å². The molecule has 0 bridgehead atoms. The molecule has 0 aromatic heterocycles. The summed E-state index contributed by atoms with van der Waals surface area (Å²) in [5.74, 6) is -0.571. The van der Waals surface area contributed by atoms with E-state index in [2.05, 4.69) is 0 Å². The zero-order valence-electron chi connectivity index (χ0n) is 13.5. The molecule has 0 spiro atoms. The first kappa shape index (κ1) is 17.5. The maximum atomic E-state index is 12.1. The summed E-state index contributed by atoms with van der Waals surface area (Å²) in [6.45, 7) is 3.16.